The van der Waals surface area contributed by atoms with Crippen molar-refractivity contribution < 1.29 is 18.3 Å². The van der Waals surface area contributed by atoms with Crippen LogP contribution in [0.2, 0.25) is 0 Å². The normalized spacial score (nSPS) is 21.6. The van der Waals surface area contributed by atoms with E-state index in [1.54, 1.807) is 42.5 Å². The summed E-state index contributed by atoms with van der Waals surface area (Å²) in [5.74, 6) is -0.701. The predicted octanol–water partition coefficient (Wildman–Crippen LogP) is 3.63. The number of nitrogens with one attached hydrogen (secondary N) is 1. The van der Waals surface area contributed by atoms with Gasteiger partial charge in [-0.15, -0.1) is 0 Å². The van der Waals surface area contributed by atoms with Gasteiger partial charge in [0.1, 0.15) is 11.4 Å². The van der Waals surface area contributed by atoms with E-state index in [9.17, 15) is 9.18 Å². The van der Waals surface area contributed by atoms with E-state index >= 15 is 4.39 Å². The second kappa shape index (κ2) is 9.02. The van der Waals surface area contributed by atoms with Gasteiger partial charge >= 0.3 is 0 Å². The van der Waals surface area contributed by atoms with Gasteiger partial charge in [-0.3, -0.25) is 4.79 Å². The van der Waals surface area contributed by atoms with Gasteiger partial charge in [-0.25, -0.2) is 14.4 Å². The van der Waals surface area contributed by atoms with Crippen molar-refractivity contribution >= 4 is 28.8 Å². The molecule has 0 saturated carbocycles. The van der Waals surface area contributed by atoms with Crippen LogP contribution in [0.1, 0.15) is 15.9 Å². The highest BCUT2D eigenvalue weighted by Crippen LogP contribution is 2.47. The molecule has 174 valence electrons. The summed E-state index contributed by atoms with van der Waals surface area (Å²) in [5, 5.41) is 3.30. The van der Waals surface area contributed by atoms with Crippen LogP contribution < -0.4 is 15.0 Å². The molecule has 2 atom stereocenters. The van der Waals surface area contributed by atoms with Gasteiger partial charge in [0.2, 0.25) is 11.8 Å². The van der Waals surface area contributed by atoms with Crippen LogP contribution in [0.4, 0.5) is 14.7 Å². The number of fused-ring (bicyclic) bond motifs is 1. The summed E-state index contributed by atoms with van der Waals surface area (Å²) in [6.07, 6.45) is 1.06. The predicted molar refractivity (Wildman–Crippen MR) is 126 cm³/mol. The van der Waals surface area contributed by atoms with Crippen LogP contribution in [0.25, 0.3) is 0 Å². The standard InChI is InChI=1S/C24H21F2N5O2S/c1-33-21-19(26)11-27-22(29-21)31-12-16-13-34-23(28-20(32)15-7-3-2-4-8-15)30-24(16,14-31)17-9-5-6-10-18(17)25/h2-11,16H,12-14H2,1H3,(H,28,30,32)/t16-,24-/m0/s1. The zero-order valence-electron chi connectivity index (χ0n) is 18.2. The second-order valence-corrected chi connectivity index (χ2v) is 9.07. The van der Waals surface area contributed by atoms with Crippen molar-refractivity contribution in [2.24, 2.45) is 10.9 Å². The number of anilines is 1. The van der Waals surface area contributed by atoms with Crippen LogP contribution in [-0.2, 0) is 5.54 Å². The Hall–Kier alpha value is -3.53. The lowest BCUT2D eigenvalue weighted by Gasteiger charge is -2.35. The summed E-state index contributed by atoms with van der Waals surface area (Å²) in [6.45, 7) is 0.748. The first kappa shape index (κ1) is 22.3. The van der Waals surface area contributed by atoms with E-state index in [2.05, 4.69) is 15.3 Å². The molecule has 0 radical (unpaired) electrons. The van der Waals surface area contributed by atoms with Crippen molar-refractivity contribution in [2.45, 2.75) is 5.54 Å². The Morgan fingerprint density at radius 2 is 1.91 bits per heavy atom. The van der Waals surface area contributed by atoms with Gasteiger partial charge in [0.15, 0.2) is 5.17 Å². The number of rotatable bonds is 4. The summed E-state index contributed by atoms with van der Waals surface area (Å²) in [4.78, 5) is 27.8. The summed E-state index contributed by atoms with van der Waals surface area (Å²) < 4.78 is 34.0. The Morgan fingerprint density at radius 1 is 1.15 bits per heavy atom. The molecule has 1 N–H and O–H groups in total. The average Bonchev–Trinajstić information content (AvgIpc) is 3.25. The van der Waals surface area contributed by atoms with Crippen LogP contribution in [0.15, 0.2) is 65.8 Å². The fourth-order valence-electron chi connectivity index (χ4n) is 4.40. The number of amidine groups is 1. The van der Waals surface area contributed by atoms with Crippen molar-refractivity contribution in [3.05, 3.63) is 83.6 Å². The van der Waals surface area contributed by atoms with Gasteiger partial charge in [-0.1, -0.05) is 48.2 Å². The molecule has 1 fully saturated rings. The van der Waals surface area contributed by atoms with E-state index < -0.39 is 11.4 Å². The Labute approximate surface area is 199 Å². The van der Waals surface area contributed by atoms with E-state index in [4.69, 9.17) is 9.73 Å². The van der Waals surface area contributed by atoms with E-state index in [1.807, 2.05) is 11.0 Å². The molecule has 34 heavy (non-hydrogen) atoms. The lowest BCUT2D eigenvalue weighted by Crippen LogP contribution is -2.43. The molecule has 2 aliphatic heterocycles. The van der Waals surface area contributed by atoms with Gasteiger partial charge in [0.25, 0.3) is 11.8 Å². The minimum Gasteiger partial charge on any atom is -0.479 e. The third kappa shape index (κ3) is 3.98. The summed E-state index contributed by atoms with van der Waals surface area (Å²) in [5.41, 5.74) is -0.0306. The number of carbonyl (C=O) groups is 1. The van der Waals surface area contributed by atoms with Crippen molar-refractivity contribution in [3.63, 3.8) is 0 Å². The molecule has 3 heterocycles. The third-order valence-electron chi connectivity index (χ3n) is 6.04. The lowest BCUT2D eigenvalue weighted by molar-refractivity contribution is 0.0977. The maximum absolute atomic E-state index is 15.1. The molecule has 10 heteroatoms. The molecule has 3 aromatic rings. The number of hydrogen-bond donors (Lipinski definition) is 1. The zero-order chi connectivity index (χ0) is 23.7. The van der Waals surface area contributed by atoms with Gasteiger partial charge in [-0.05, 0) is 18.2 Å². The number of halogens is 2. The quantitative estimate of drug-likeness (QED) is 0.613. The number of thioether (sulfide) groups is 1. The fourth-order valence-corrected chi connectivity index (χ4v) is 5.54. The molecule has 5 rings (SSSR count). The monoisotopic (exact) mass is 481 g/mol. The SMILES string of the molecule is COc1nc(N2C[C@H]3CSC(NC(=O)c4ccccc4)=N[C@@]3(c3ccccc3F)C2)ncc1F. The van der Waals surface area contributed by atoms with Gasteiger partial charge in [-0.2, -0.15) is 9.37 Å². The highest BCUT2D eigenvalue weighted by atomic mass is 32.2. The minimum atomic E-state index is -0.971. The van der Waals surface area contributed by atoms with E-state index in [0.717, 1.165) is 6.20 Å². The first-order valence-electron chi connectivity index (χ1n) is 10.7. The Balaban J connectivity index is 1.52. The zero-order valence-corrected chi connectivity index (χ0v) is 19.1. The molecule has 7 nitrogen and oxygen atoms in total. The molecule has 0 spiro atoms. The highest BCUT2D eigenvalue weighted by molar-refractivity contribution is 8.13. The Morgan fingerprint density at radius 3 is 2.68 bits per heavy atom. The fraction of sp³-hybridized carbons (Fsp3) is 0.250. The summed E-state index contributed by atoms with van der Waals surface area (Å²) in [7, 11) is 1.34. The number of nitrogens with zero attached hydrogens (tertiary/aromatic N) is 4. The minimum absolute atomic E-state index is 0.0913. The molecule has 0 bridgehead atoms. The van der Waals surface area contributed by atoms with Crippen molar-refractivity contribution in [1.29, 1.82) is 0 Å². The Bertz CT molecular complexity index is 1260. The number of aromatic nitrogens is 2. The van der Waals surface area contributed by atoms with Crippen molar-refractivity contribution in [1.82, 2.24) is 15.3 Å². The Kier molecular flexibility index (Phi) is 5.91. The molecule has 1 saturated heterocycles. The molecule has 0 aliphatic carbocycles. The molecular formula is C24H21F2N5O2S. The molecule has 2 aliphatic rings. The largest absolute Gasteiger partial charge is 0.479 e. The maximum Gasteiger partial charge on any atom is 0.257 e. The number of amides is 1. The molecule has 0 unspecified atom stereocenters. The van der Waals surface area contributed by atoms with E-state index in [1.165, 1.54) is 24.9 Å². The van der Waals surface area contributed by atoms with Crippen LogP contribution in [-0.4, -0.2) is 47.0 Å². The number of carbonyl (C=O) groups excluding carboxylic acids is 1. The third-order valence-corrected chi connectivity index (χ3v) is 7.08. The van der Waals surface area contributed by atoms with Crippen LogP contribution >= 0.6 is 11.8 Å². The smallest absolute Gasteiger partial charge is 0.257 e. The number of aliphatic imine (C=N–C) groups is 1. The summed E-state index contributed by atoms with van der Waals surface area (Å²) >= 11 is 1.41. The van der Waals surface area contributed by atoms with Gasteiger partial charge in [0.05, 0.1) is 19.9 Å². The summed E-state index contributed by atoms with van der Waals surface area (Å²) in [6, 6.07) is 15.4. The highest BCUT2D eigenvalue weighted by Gasteiger charge is 2.52. The van der Waals surface area contributed by atoms with Crippen LogP contribution in [0.3, 0.4) is 0 Å². The van der Waals surface area contributed by atoms with Gasteiger partial charge in [0, 0.05) is 29.3 Å². The second-order valence-electron chi connectivity index (χ2n) is 8.06. The molecule has 1 aromatic heterocycles. The molecule has 1 amide bonds. The van der Waals surface area contributed by atoms with E-state index in [-0.39, 0.29) is 36.0 Å². The molecular weight excluding hydrogens is 460 g/mol. The average molecular weight is 482 g/mol. The van der Waals surface area contributed by atoms with Crippen molar-refractivity contribution in [3.8, 4) is 5.88 Å². The maximum atomic E-state index is 15.1. The number of methoxy groups -OCH3 is 1. The van der Waals surface area contributed by atoms with Gasteiger partial charge < -0.3 is 15.0 Å². The van der Waals surface area contributed by atoms with E-state index in [0.29, 0.717) is 28.6 Å². The van der Waals surface area contributed by atoms with Crippen LogP contribution in [0.5, 0.6) is 5.88 Å². The first-order valence-corrected chi connectivity index (χ1v) is 11.6. The molecule has 2 aromatic carbocycles. The van der Waals surface area contributed by atoms with Crippen molar-refractivity contribution in [2.75, 3.05) is 30.9 Å². The topological polar surface area (TPSA) is 79.7 Å². The number of hydrogen-bond acceptors (Lipinski definition) is 7. The number of ether oxygens (including phenoxy) is 1. The lowest BCUT2D eigenvalue weighted by atomic mass is 9.81. The number of benzene rings is 2. The first-order chi connectivity index (χ1) is 16.5. The van der Waals surface area contributed by atoms with Crippen LogP contribution in [0, 0.1) is 17.6 Å².